The fourth-order valence-electron chi connectivity index (χ4n) is 2.28. The van der Waals surface area contributed by atoms with Crippen LogP contribution in [0.4, 0.5) is 5.69 Å². The van der Waals surface area contributed by atoms with Crippen molar-refractivity contribution in [3.05, 3.63) is 23.8 Å². The Kier molecular flexibility index (Phi) is 3.37. The SMILES string of the molecule is CCCC(C)c1ccc2c(c1)OCCN2C. The number of rotatable bonds is 3. The summed E-state index contributed by atoms with van der Waals surface area (Å²) in [5.74, 6) is 1.68. The van der Waals surface area contributed by atoms with Crippen molar-refractivity contribution < 1.29 is 4.74 Å². The molecule has 16 heavy (non-hydrogen) atoms. The molecule has 1 unspecified atom stereocenters. The first-order valence-corrected chi connectivity index (χ1v) is 6.20. The molecule has 1 aliphatic rings. The molecule has 0 radical (unpaired) electrons. The van der Waals surface area contributed by atoms with Crippen LogP contribution in [-0.2, 0) is 0 Å². The number of likely N-dealkylation sites (N-methyl/N-ethyl adjacent to an activating group) is 1. The van der Waals surface area contributed by atoms with Gasteiger partial charge in [0.05, 0.1) is 12.2 Å². The van der Waals surface area contributed by atoms with Crippen LogP contribution >= 0.6 is 0 Å². The third-order valence-corrected chi connectivity index (χ3v) is 3.37. The molecule has 0 bridgehead atoms. The van der Waals surface area contributed by atoms with Crippen LogP contribution in [0.25, 0.3) is 0 Å². The van der Waals surface area contributed by atoms with Gasteiger partial charge in [0.25, 0.3) is 0 Å². The van der Waals surface area contributed by atoms with Gasteiger partial charge in [-0.05, 0) is 30.0 Å². The predicted octanol–water partition coefficient (Wildman–Crippen LogP) is 3.42. The summed E-state index contributed by atoms with van der Waals surface area (Å²) in [6.45, 7) is 6.31. The van der Waals surface area contributed by atoms with E-state index in [2.05, 4.69) is 44.0 Å². The lowest BCUT2D eigenvalue weighted by molar-refractivity contribution is 0.311. The molecule has 2 heteroatoms. The Morgan fingerprint density at radius 3 is 3.00 bits per heavy atom. The van der Waals surface area contributed by atoms with Crippen molar-refractivity contribution in [3.8, 4) is 5.75 Å². The normalized spacial score (nSPS) is 16.6. The van der Waals surface area contributed by atoms with Crippen molar-refractivity contribution in [2.45, 2.75) is 32.6 Å². The average Bonchev–Trinajstić information content (AvgIpc) is 2.29. The van der Waals surface area contributed by atoms with Gasteiger partial charge in [-0.3, -0.25) is 0 Å². The Morgan fingerprint density at radius 1 is 1.44 bits per heavy atom. The molecule has 1 aromatic carbocycles. The fraction of sp³-hybridized carbons (Fsp3) is 0.571. The van der Waals surface area contributed by atoms with Gasteiger partial charge in [-0.15, -0.1) is 0 Å². The molecule has 0 amide bonds. The van der Waals surface area contributed by atoms with Gasteiger partial charge in [-0.1, -0.05) is 26.3 Å². The van der Waals surface area contributed by atoms with Gasteiger partial charge in [0.15, 0.2) is 0 Å². The first-order valence-electron chi connectivity index (χ1n) is 6.20. The number of hydrogen-bond donors (Lipinski definition) is 0. The third kappa shape index (κ3) is 2.16. The number of ether oxygens (including phenoxy) is 1. The standard InChI is InChI=1S/C14H21NO/c1-4-5-11(2)12-6-7-13-14(10-12)16-9-8-15(13)3/h6-7,10-11H,4-5,8-9H2,1-3H3. The van der Waals surface area contributed by atoms with Crippen LogP contribution in [0.5, 0.6) is 5.75 Å². The second kappa shape index (κ2) is 4.77. The van der Waals surface area contributed by atoms with Crippen molar-refractivity contribution >= 4 is 5.69 Å². The first-order chi connectivity index (χ1) is 7.72. The molecule has 0 N–H and O–H groups in total. The van der Waals surface area contributed by atoms with Gasteiger partial charge in [-0.2, -0.15) is 0 Å². The molecule has 0 spiro atoms. The summed E-state index contributed by atoms with van der Waals surface area (Å²) < 4.78 is 5.72. The molecular formula is C14H21NO. The summed E-state index contributed by atoms with van der Waals surface area (Å²) >= 11 is 0. The van der Waals surface area contributed by atoms with Crippen molar-refractivity contribution in [2.24, 2.45) is 0 Å². The van der Waals surface area contributed by atoms with Gasteiger partial charge < -0.3 is 9.64 Å². The van der Waals surface area contributed by atoms with E-state index in [-0.39, 0.29) is 0 Å². The predicted molar refractivity (Wildman–Crippen MR) is 68.5 cm³/mol. The zero-order valence-electron chi connectivity index (χ0n) is 10.5. The highest BCUT2D eigenvalue weighted by Crippen LogP contribution is 2.34. The van der Waals surface area contributed by atoms with Crippen molar-refractivity contribution in [1.82, 2.24) is 0 Å². The lowest BCUT2D eigenvalue weighted by atomic mass is 9.96. The highest BCUT2D eigenvalue weighted by atomic mass is 16.5. The quantitative estimate of drug-likeness (QED) is 0.772. The Labute approximate surface area is 98.2 Å². The van der Waals surface area contributed by atoms with Crippen LogP contribution in [0.3, 0.4) is 0 Å². The maximum absolute atomic E-state index is 5.72. The van der Waals surface area contributed by atoms with E-state index in [1.54, 1.807) is 0 Å². The number of hydrogen-bond acceptors (Lipinski definition) is 2. The minimum absolute atomic E-state index is 0.631. The molecule has 2 rings (SSSR count). The summed E-state index contributed by atoms with van der Waals surface area (Å²) in [7, 11) is 2.12. The van der Waals surface area contributed by atoms with Crippen LogP contribution in [-0.4, -0.2) is 20.2 Å². The molecule has 0 aliphatic carbocycles. The largest absolute Gasteiger partial charge is 0.490 e. The molecule has 2 nitrogen and oxygen atoms in total. The minimum Gasteiger partial charge on any atom is -0.490 e. The maximum atomic E-state index is 5.72. The molecular weight excluding hydrogens is 198 g/mol. The summed E-state index contributed by atoms with van der Waals surface area (Å²) in [5, 5.41) is 0. The average molecular weight is 219 g/mol. The number of anilines is 1. The van der Waals surface area contributed by atoms with Crippen molar-refractivity contribution in [1.29, 1.82) is 0 Å². The molecule has 1 aromatic rings. The van der Waals surface area contributed by atoms with E-state index in [1.165, 1.54) is 24.1 Å². The Bertz CT molecular complexity index is 362. The van der Waals surface area contributed by atoms with E-state index in [4.69, 9.17) is 4.74 Å². The van der Waals surface area contributed by atoms with Crippen LogP contribution in [0.1, 0.15) is 38.2 Å². The van der Waals surface area contributed by atoms with Crippen LogP contribution in [0, 0.1) is 0 Å². The molecule has 0 aromatic heterocycles. The Morgan fingerprint density at radius 2 is 2.25 bits per heavy atom. The van der Waals surface area contributed by atoms with Crippen LogP contribution in [0.2, 0.25) is 0 Å². The van der Waals surface area contributed by atoms with E-state index >= 15 is 0 Å². The number of benzene rings is 1. The van der Waals surface area contributed by atoms with Gasteiger partial charge in [0.2, 0.25) is 0 Å². The fourth-order valence-corrected chi connectivity index (χ4v) is 2.28. The lowest BCUT2D eigenvalue weighted by Crippen LogP contribution is -2.28. The van der Waals surface area contributed by atoms with E-state index in [1.807, 2.05) is 0 Å². The highest BCUT2D eigenvalue weighted by Gasteiger charge is 2.16. The molecule has 1 aliphatic heterocycles. The van der Waals surface area contributed by atoms with Gasteiger partial charge >= 0.3 is 0 Å². The summed E-state index contributed by atoms with van der Waals surface area (Å²) in [4.78, 5) is 2.26. The van der Waals surface area contributed by atoms with Crippen molar-refractivity contribution in [3.63, 3.8) is 0 Å². The zero-order valence-corrected chi connectivity index (χ0v) is 10.5. The van der Waals surface area contributed by atoms with Crippen LogP contribution < -0.4 is 9.64 Å². The second-order valence-electron chi connectivity index (χ2n) is 4.69. The Hall–Kier alpha value is -1.18. The first kappa shape index (κ1) is 11.3. The topological polar surface area (TPSA) is 12.5 Å². The summed E-state index contributed by atoms with van der Waals surface area (Å²) in [5.41, 5.74) is 2.62. The highest BCUT2D eigenvalue weighted by molar-refractivity contribution is 5.60. The molecule has 0 fully saturated rings. The number of fused-ring (bicyclic) bond motifs is 1. The zero-order chi connectivity index (χ0) is 11.5. The van der Waals surface area contributed by atoms with E-state index in [9.17, 15) is 0 Å². The van der Waals surface area contributed by atoms with E-state index < -0.39 is 0 Å². The molecule has 1 atom stereocenters. The van der Waals surface area contributed by atoms with E-state index in [0.717, 1.165) is 18.9 Å². The van der Waals surface area contributed by atoms with Gasteiger partial charge in [0, 0.05) is 7.05 Å². The lowest BCUT2D eigenvalue weighted by Gasteiger charge is -2.28. The van der Waals surface area contributed by atoms with Crippen LogP contribution in [0.15, 0.2) is 18.2 Å². The third-order valence-electron chi connectivity index (χ3n) is 3.37. The molecule has 1 heterocycles. The van der Waals surface area contributed by atoms with E-state index in [0.29, 0.717) is 5.92 Å². The summed E-state index contributed by atoms with van der Waals surface area (Å²) in [6.07, 6.45) is 2.48. The smallest absolute Gasteiger partial charge is 0.142 e. The summed E-state index contributed by atoms with van der Waals surface area (Å²) in [6, 6.07) is 6.64. The monoisotopic (exact) mass is 219 g/mol. The molecule has 0 saturated carbocycles. The van der Waals surface area contributed by atoms with Gasteiger partial charge in [0.1, 0.15) is 12.4 Å². The van der Waals surface area contributed by atoms with Crippen molar-refractivity contribution in [2.75, 3.05) is 25.1 Å². The number of nitrogens with zero attached hydrogens (tertiary/aromatic N) is 1. The van der Waals surface area contributed by atoms with Gasteiger partial charge in [-0.25, -0.2) is 0 Å². The maximum Gasteiger partial charge on any atom is 0.142 e. The molecule has 0 saturated heterocycles. The molecule has 88 valence electrons. The minimum atomic E-state index is 0.631. The Balaban J connectivity index is 2.24. The second-order valence-corrected chi connectivity index (χ2v) is 4.69.